The van der Waals surface area contributed by atoms with E-state index in [1.165, 1.54) is 37.2 Å². The number of likely N-dealkylation sites (N-methyl/N-ethyl adjacent to an activating group) is 1. The van der Waals surface area contributed by atoms with Gasteiger partial charge in [-0.15, -0.1) is 0 Å². The third-order valence-corrected chi connectivity index (χ3v) is 9.21. The summed E-state index contributed by atoms with van der Waals surface area (Å²) >= 11 is 0. The number of hydrogen-bond donors (Lipinski definition) is 2. The molecule has 0 heterocycles. The van der Waals surface area contributed by atoms with E-state index in [-0.39, 0.29) is 30.8 Å². The Hall–Kier alpha value is -3.90. The van der Waals surface area contributed by atoms with Crippen molar-refractivity contribution >= 4 is 29.0 Å². The number of nitrogens with two attached hydrogens (primary N) is 1. The summed E-state index contributed by atoms with van der Waals surface area (Å²) in [6.07, 6.45) is -3.07. The first-order valence-corrected chi connectivity index (χ1v) is 14.5. The van der Waals surface area contributed by atoms with Gasteiger partial charge in [-0.2, -0.15) is 13.2 Å². The molecule has 2 aromatic carbocycles. The van der Waals surface area contributed by atoms with Crippen LogP contribution >= 0.6 is 0 Å². The number of carbonyl (C=O) groups excluding carboxylic acids is 5. The van der Waals surface area contributed by atoms with E-state index < -0.39 is 76.1 Å². The Morgan fingerprint density at radius 2 is 1.73 bits per heavy atom. The van der Waals surface area contributed by atoms with E-state index in [4.69, 9.17) is 10.5 Å². The lowest BCUT2D eigenvalue weighted by Crippen LogP contribution is -2.74. The van der Waals surface area contributed by atoms with Crippen molar-refractivity contribution in [3.63, 3.8) is 0 Å². The van der Waals surface area contributed by atoms with Gasteiger partial charge in [-0.25, -0.2) is 0 Å². The van der Waals surface area contributed by atoms with Gasteiger partial charge >= 0.3 is 6.18 Å². The Balaban J connectivity index is 1.65. The van der Waals surface area contributed by atoms with Gasteiger partial charge in [-0.1, -0.05) is 31.5 Å². The Labute approximate surface area is 251 Å². The molecule has 3 aliphatic rings. The molecule has 234 valence electrons. The largest absolute Gasteiger partial charge is 0.493 e. The van der Waals surface area contributed by atoms with Crippen molar-refractivity contribution in [1.82, 2.24) is 4.90 Å². The summed E-state index contributed by atoms with van der Waals surface area (Å²) < 4.78 is 45.7. The zero-order valence-electron chi connectivity index (χ0n) is 24.4. The summed E-state index contributed by atoms with van der Waals surface area (Å²) in [6.45, 7) is 2.21. The van der Waals surface area contributed by atoms with Crippen LogP contribution in [0.25, 0.3) is 11.1 Å². The van der Waals surface area contributed by atoms with Crippen molar-refractivity contribution in [2.75, 3.05) is 20.7 Å². The van der Waals surface area contributed by atoms with E-state index in [0.29, 0.717) is 23.1 Å². The summed E-state index contributed by atoms with van der Waals surface area (Å²) in [7, 11) is 3.02. The monoisotopic (exact) mass is 614 g/mol. The average molecular weight is 615 g/mol. The van der Waals surface area contributed by atoms with Crippen LogP contribution in [0.1, 0.15) is 47.7 Å². The van der Waals surface area contributed by atoms with Gasteiger partial charge in [0.2, 0.25) is 5.91 Å². The molecule has 0 aliphatic heterocycles. The quantitative estimate of drug-likeness (QED) is 0.358. The van der Waals surface area contributed by atoms with Gasteiger partial charge in [0.1, 0.15) is 5.75 Å². The predicted molar refractivity (Wildman–Crippen MR) is 151 cm³/mol. The topological polar surface area (TPSA) is 144 Å². The molecular weight excluding hydrogens is 581 g/mol. The number of carbonyl (C=O) groups is 5. The summed E-state index contributed by atoms with van der Waals surface area (Å²) in [4.78, 5) is 68.8. The van der Waals surface area contributed by atoms with E-state index in [9.17, 15) is 42.3 Å². The van der Waals surface area contributed by atoms with E-state index in [1.54, 1.807) is 6.07 Å². The molecule has 3 aliphatic carbocycles. The molecule has 2 aromatic rings. The minimum Gasteiger partial charge on any atom is -0.493 e. The number of rotatable bonds is 7. The number of ether oxygens (including phenoxy) is 1. The number of hydrogen-bond acceptors (Lipinski definition) is 8. The molecule has 44 heavy (non-hydrogen) atoms. The third kappa shape index (κ3) is 4.84. The normalized spacial score (nSPS) is 28.4. The molecule has 3 N–H and O–H groups in total. The lowest BCUT2D eigenvalue weighted by Gasteiger charge is -2.52. The Morgan fingerprint density at radius 3 is 2.30 bits per heavy atom. The summed E-state index contributed by atoms with van der Waals surface area (Å²) in [6, 6.07) is 6.48. The average Bonchev–Trinajstić information content (AvgIpc) is 2.94. The molecule has 2 saturated carbocycles. The maximum Gasteiger partial charge on any atom is 0.416 e. The smallest absolute Gasteiger partial charge is 0.416 e. The zero-order valence-corrected chi connectivity index (χ0v) is 24.4. The fourth-order valence-corrected chi connectivity index (χ4v) is 7.15. The first-order valence-electron chi connectivity index (χ1n) is 14.5. The van der Waals surface area contributed by atoms with Gasteiger partial charge < -0.3 is 15.6 Å². The molecule has 0 radical (unpaired) electrons. The highest BCUT2D eigenvalue weighted by molar-refractivity contribution is 6.32. The Bertz CT molecular complexity index is 1550. The van der Waals surface area contributed by atoms with E-state index in [0.717, 1.165) is 18.6 Å². The number of benzene rings is 2. The second kappa shape index (κ2) is 11.2. The molecule has 2 fully saturated rings. The number of halogens is 3. The first kappa shape index (κ1) is 31.5. The van der Waals surface area contributed by atoms with Crippen molar-refractivity contribution in [3.05, 3.63) is 53.1 Å². The number of alkyl halides is 3. The highest BCUT2D eigenvalue weighted by atomic mass is 19.4. The maximum atomic E-state index is 14.3. The van der Waals surface area contributed by atoms with Crippen LogP contribution < -0.4 is 10.5 Å². The first-order chi connectivity index (χ1) is 20.6. The molecule has 0 spiro atoms. The number of amides is 1. The van der Waals surface area contributed by atoms with E-state index in [1.807, 2.05) is 6.92 Å². The molecule has 0 saturated heterocycles. The van der Waals surface area contributed by atoms with Gasteiger partial charge in [0, 0.05) is 5.92 Å². The van der Waals surface area contributed by atoms with Crippen LogP contribution in [0.2, 0.25) is 0 Å². The van der Waals surface area contributed by atoms with E-state index in [2.05, 4.69) is 0 Å². The van der Waals surface area contributed by atoms with Crippen LogP contribution in [0, 0.1) is 23.7 Å². The van der Waals surface area contributed by atoms with Crippen molar-refractivity contribution in [1.29, 1.82) is 0 Å². The second-order valence-electron chi connectivity index (χ2n) is 12.0. The van der Waals surface area contributed by atoms with Crippen molar-refractivity contribution < 1.29 is 47.0 Å². The predicted octanol–water partition coefficient (Wildman–Crippen LogP) is 3.03. The van der Waals surface area contributed by atoms with Crippen LogP contribution in [0.4, 0.5) is 13.2 Å². The fraction of sp³-hybridized carbons (Fsp3) is 0.469. The van der Waals surface area contributed by atoms with Gasteiger partial charge in [0.25, 0.3) is 0 Å². The number of Topliss-reactive ketones (excluding diaryl/α,β-unsaturated/α-hetero) is 4. The van der Waals surface area contributed by atoms with Gasteiger partial charge in [0.05, 0.1) is 29.7 Å². The SMILES string of the molecule is CCCCOc1ccc(-c2ccc(C(F)(F)F)cc2)c2c1C(=O)C1C(=O)C3(O)C(=O)C(C(N)=O)C(=O)C(N(C)C)C3CC1C2. The van der Waals surface area contributed by atoms with Crippen LogP contribution in [0.15, 0.2) is 36.4 Å². The highest BCUT2D eigenvalue weighted by Gasteiger charge is 2.69. The number of fused-ring (bicyclic) bond motifs is 3. The standard InChI is InChI=1S/C32H33F3N2O7/c1-4-5-12-44-21-11-10-18(15-6-8-17(9-7-15)32(33,34)35)19-13-16-14-20-25(37(2)3)27(39)24(30(36)42)29(41)31(20,43)28(40)22(16)26(38)23(19)21/h6-11,16,20,22,24-25,43H,4-5,12-14H2,1-3H3,(H2,36,42). The summed E-state index contributed by atoms with van der Waals surface area (Å²) in [5.74, 6) is -10.6. The molecule has 12 heteroatoms. The van der Waals surface area contributed by atoms with Gasteiger partial charge in [-0.3, -0.25) is 28.9 Å². The molecule has 1 amide bonds. The lowest BCUT2D eigenvalue weighted by molar-refractivity contribution is -0.181. The lowest BCUT2D eigenvalue weighted by atomic mass is 9.52. The minimum absolute atomic E-state index is 0.0603. The zero-order chi connectivity index (χ0) is 32.3. The third-order valence-electron chi connectivity index (χ3n) is 9.21. The van der Waals surface area contributed by atoms with Crippen LogP contribution in [0.5, 0.6) is 5.75 Å². The van der Waals surface area contributed by atoms with Crippen LogP contribution in [-0.2, 0) is 31.8 Å². The molecule has 0 aromatic heterocycles. The number of nitrogens with zero attached hydrogens (tertiary/aromatic N) is 1. The molecular formula is C32H33F3N2O7. The molecule has 6 atom stereocenters. The number of unbranched alkanes of at least 4 members (excludes halogenated alkanes) is 1. The van der Waals surface area contributed by atoms with Crippen molar-refractivity contribution in [2.45, 2.75) is 50.4 Å². The molecule has 0 bridgehead atoms. The van der Waals surface area contributed by atoms with Crippen molar-refractivity contribution in [3.8, 4) is 16.9 Å². The fourth-order valence-electron chi connectivity index (χ4n) is 7.15. The van der Waals surface area contributed by atoms with Gasteiger partial charge in [-0.05, 0) is 74.2 Å². The maximum absolute atomic E-state index is 14.3. The number of primary amides is 1. The summed E-state index contributed by atoms with van der Waals surface area (Å²) in [5, 5.41) is 11.8. The Morgan fingerprint density at radius 1 is 1.07 bits per heavy atom. The Kier molecular flexibility index (Phi) is 8.04. The molecule has 5 rings (SSSR count). The minimum atomic E-state index is -4.54. The summed E-state index contributed by atoms with van der Waals surface area (Å²) in [5.41, 5.74) is 3.16. The number of aliphatic hydroxyl groups is 1. The van der Waals surface area contributed by atoms with Crippen LogP contribution in [-0.4, -0.2) is 71.4 Å². The molecule has 6 unspecified atom stereocenters. The number of ketones is 4. The highest BCUT2D eigenvalue weighted by Crippen LogP contribution is 2.52. The van der Waals surface area contributed by atoms with Crippen LogP contribution in [0.3, 0.4) is 0 Å². The van der Waals surface area contributed by atoms with Gasteiger partial charge in [0.15, 0.2) is 34.7 Å². The van der Waals surface area contributed by atoms with Crippen molar-refractivity contribution in [2.24, 2.45) is 29.4 Å². The van der Waals surface area contributed by atoms with E-state index >= 15 is 0 Å². The second-order valence-corrected chi connectivity index (χ2v) is 12.0. The molecule has 9 nitrogen and oxygen atoms in total.